The molecule has 0 saturated heterocycles. The number of nitrogens with one attached hydrogen (secondary N) is 3. The van der Waals surface area contributed by atoms with E-state index < -0.39 is 15.8 Å². The third-order valence-corrected chi connectivity index (χ3v) is 5.93. The van der Waals surface area contributed by atoms with Gasteiger partial charge in [0, 0.05) is 18.0 Å². The molecule has 0 spiro atoms. The van der Waals surface area contributed by atoms with Crippen LogP contribution in [0.3, 0.4) is 0 Å². The molecule has 1 aromatic heterocycles. The molecule has 0 radical (unpaired) electrons. The molecule has 2 aromatic carbocycles. The predicted molar refractivity (Wildman–Crippen MR) is 109 cm³/mol. The number of thioether (sulfide) groups is 1. The lowest BCUT2D eigenvalue weighted by Gasteiger charge is -2.10. The number of sulfonamides is 1. The zero-order valence-corrected chi connectivity index (χ0v) is 17.2. The fourth-order valence-corrected chi connectivity index (χ4v) is 3.94. The van der Waals surface area contributed by atoms with Crippen molar-refractivity contribution in [3.05, 3.63) is 60.7 Å². The topological polar surface area (TPSA) is 126 Å². The highest BCUT2D eigenvalue weighted by Gasteiger charge is 2.14. The van der Waals surface area contributed by atoms with Gasteiger partial charge in [-0.15, -0.1) is 0 Å². The van der Waals surface area contributed by atoms with Crippen molar-refractivity contribution in [3.8, 4) is 5.75 Å². The van der Waals surface area contributed by atoms with Crippen molar-refractivity contribution in [2.45, 2.75) is 10.1 Å². The van der Waals surface area contributed by atoms with Crippen LogP contribution in [0.5, 0.6) is 5.75 Å². The molecule has 0 aliphatic heterocycles. The third kappa shape index (κ3) is 6.46. The average molecular weight is 452 g/mol. The molecule has 0 atom stereocenters. The second-order valence-electron chi connectivity index (χ2n) is 5.86. The molecule has 3 N–H and O–H groups in total. The smallest absolute Gasteiger partial charge is 0.261 e. The summed E-state index contributed by atoms with van der Waals surface area (Å²) in [6, 6.07) is 10.6. The van der Waals surface area contributed by atoms with Crippen LogP contribution < -0.4 is 14.8 Å². The number of benzene rings is 2. The highest BCUT2D eigenvalue weighted by Crippen LogP contribution is 2.19. The van der Waals surface area contributed by atoms with E-state index in [0.29, 0.717) is 23.2 Å². The third-order valence-electron chi connectivity index (χ3n) is 3.66. The summed E-state index contributed by atoms with van der Waals surface area (Å²) < 4.78 is 45.4. The number of H-pyrrole nitrogens is 1. The van der Waals surface area contributed by atoms with Gasteiger partial charge in [0.05, 0.1) is 4.90 Å². The second kappa shape index (κ2) is 10.1. The van der Waals surface area contributed by atoms with E-state index in [9.17, 15) is 17.6 Å². The molecule has 0 fully saturated rings. The van der Waals surface area contributed by atoms with Gasteiger partial charge < -0.3 is 10.1 Å². The number of amides is 1. The molecule has 3 rings (SSSR count). The lowest BCUT2D eigenvalue weighted by Crippen LogP contribution is -2.30. The summed E-state index contributed by atoms with van der Waals surface area (Å²) in [6.07, 6.45) is 1.41. The number of halogens is 1. The van der Waals surface area contributed by atoms with Gasteiger partial charge in [0.1, 0.15) is 17.9 Å². The van der Waals surface area contributed by atoms with E-state index in [2.05, 4.69) is 25.2 Å². The molecule has 0 bridgehead atoms. The number of hydrogen-bond acceptors (Lipinski definition) is 7. The fraction of sp³-hybridized carbons (Fsp3) is 0.167. The van der Waals surface area contributed by atoms with Crippen molar-refractivity contribution < 1.29 is 22.3 Å². The summed E-state index contributed by atoms with van der Waals surface area (Å²) in [5.74, 6) is 0.205. The van der Waals surface area contributed by atoms with Crippen LogP contribution in [0, 0.1) is 5.82 Å². The Balaban J connectivity index is 1.44. The van der Waals surface area contributed by atoms with Crippen LogP contribution in [0.25, 0.3) is 0 Å². The molecule has 1 heterocycles. The minimum absolute atomic E-state index is 0.00747. The Morgan fingerprint density at radius 2 is 1.87 bits per heavy atom. The van der Waals surface area contributed by atoms with E-state index in [1.54, 1.807) is 0 Å². The van der Waals surface area contributed by atoms with Gasteiger partial charge >= 0.3 is 0 Å². The average Bonchev–Trinajstić information content (AvgIpc) is 3.25. The Labute approximate surface area is 176 Å². The van der Waals surface area contributed by atoms with Gasteiger partial charge in [-0.2, -0.15) is 5.10 Å². The van der Waals surface area contributed by atoms with Crippen LogP contribution >= 0.6 is 11.8 Å². The van der Waals surface area contributed by atoms with E-state index in [1.807, 2.05) is 0 Å². The van der Waals surface area contributed by atoms with Gasteiger partial charge in [-0.25, -0.2) is 17.8 Å². The van der Waals surface area contributed by atoms with Crippen molar-refractivity contribution in [2.75, 3.05) is 23.6 Å². The van der Waals surface area contributed by atoms with Crippen LogP contribution in [0.2, 0.25) is 0 Å². The van der Waals surface area contributed by atoms with Gasteiger partial charge in [0.15, 0.2) is 11.8 Å². The molecule has 3 aromatic rings. The van der Waals surface area contributed by atoms with E-state index in [-0.39, 0.29) is 23.1 Å². The van der Waals surface area contributed by atoms with Crippen LogP contribution in [-0.4, -0.2) is 48.4 Å². The van der Waals surface area contributed by atoms with E-state index in [1.165, 1.54) is 54.5 Å². The number of nitrogens with zero attached hydrogens (tertiary/aromatic N) is 2. The highest BCUT2D eigenvalue weighted by atomic mass is 32.2. The van der Waals surface area contributed by atoms with E-state index in [0.717, 1.165) is 12.1 Å². The molecule has 9 nitrogen and oxygen atoms in total. The Morgan fingerprint density at radius 1 is 1.13 bits per heavy atom. The molecule has 12 heteroatoms. The van der Waals surface area contributed by atoms with Crippen LogP contribution in [0.15, 0.2) is 64.9 Å². The van der Waals surface area contributed by atoms with Gasteiger partial charge in [0.25, 0.3) is 15.9 Å². The van der Waals surface area contributed by atoms with Crippen molar-refractivity contribution >= 4 is 33.4 Å². The van der Waals surface area contributed by atoms with E-state index in [4.69, 9.17) is 4.74 Å². The summed E-state index contributed by atoms with van der Waals surface area (Å²) in [7, 11) is -3.83. The molecule has 30 heavy (non-hydrogen) atoms. The van der Waals surface area contributed by atoms with Gasteiger partial charge in [-0.05, 0) is 48.5 Å². The maximum atomic E-state index is 12.9. The summed E-state index contributed by atoms with van der Waals surface area (Å²) in [5, 5.41) is 9.80. The first-order valence-corrected chi connectivity index (χ1v) is 11.2. The summed E-state index contributed by atoms with van der Waals surface area (Å²) in [5.41, 5.74) is 0.245. The molecule has 158 valence electrons. The normalized spacial score (nSPS) is 11.1. The van der Waals surface area contributed by atoms with Gasteiger partial charge in [0.2, 0.25) is 0 Å². The largest absolute Gasteiger partial charge is 0.484 e. The Hall–Kier alpha value is -3.12. The zero-order chi connectivity index (χ0) is 21.4. The lowest BCUT2D eigenvalue weighted by atomic mass is 10.3. The predicted octanol–water partition coefficient (Wildman–Crippen LogP) is 2.03. The van der Waals surface area contributed by atoms with Crippen molar-refractivity contribution in [2.24, 2.45) is 0 Å². The minimum Gasteiger partial charge on any atom is -0.484 e. The van der Waals surface area contributed by atoms with Crippen LogP contribution in [-0.2, 0) is 14.8 Å². The maximum Gasteiger partial charge on any atom is 0.261 e. The number of rotatable bonds is 10. The molecule has 1 amide bonds. The fourth-order valence-electron chi connectivity index (χ4n) is 2.25. The molecular formula is C18H18FN5O4S2. The summed E-state index contributed by atoms with van der Waals surface area (Å²) >= 11 is 1.42. The minimum atomic E-state index is -3.83. The van der Waals surface area contributed by atoms with Gasteiger partial charge in [-0.3, -0.25) is 14.6 Å². The lowest BCUT2D eigenvalue weighted by molar-refractivity contribution is -0.122. The monoisotopic (exact) mass is 451 g/mol. The standard InChI is InChI=1S/C18H18FN5O4S2/c19-13-1-3-14(4-2-13)24-30(26,27)16-7-5-15(6-8-16)28-11-17(25)20-9-10-29-18-21-12-22-23-18/h1-8,12,24H,9-11H2,(H,20,25)(H,21,22,23). The SMILES string of the molecule is O=C(COc1ccc(S(=O)(=O)Nc2ccc(F)cc2)cc1)NCCSc1ncn[nH]1. The summed E-state index contributed by atoms with van der Waals surface area (Å²) in [4.78, 5) is 15.8. The molecular weight excluding hydrogens is 433 g/mol. The zero-order valence-electron chi connectivity index (χ0n) is 15.5. The number of anilines is 1. The first-order valence-electron chi connectivity index (χ1n) is 8.68. The number of hydrogen-bond donors (Lipinski definition) is 3. The first kappa shape index (κ1) is 21.6. The molecule has 0 saturated carbocycles. The Morgan fingerprint density at radius 3 is 2.53 bits per heavy atom. The number of carbonyl (C=O) groups excluding carboxylic acids is 1. The molecule has 0 aliphatic carbocycles. The maximum absolute atomic E-state index is 12.9. The van der Waals surface area contributed by atoms with E-state index >= 15 is 0 Å². The quantitative estimate of drug-likeness (QED) is 0.318. The van der Waals surface area contributed by atoms with Crippen molar-refractivity contribution in [3.63, 3.8) is 0 Å². The number of aromatic nitrogens is 3. The van der Waals surface area contributed by atoms with Gasteiger partial charge in [-0.1, -0.05) is 11.8 Å². The number of aromatic amines is 1. The highest BCUT2D eigenvalue weighted by molar-refractivity contribution is 7.99. The number of ether oxygens (including phenoxy) is 1. The number of carbonyl (C=O) groups is 1. The van der Waals surface area contributed by atoms with Crippen LogP contribution in [0.4, 0.5) is 10.1 Å². The summed E-state index contributed by atoms with van der Waals surface area (Å²) in [6.45, 7) is 0.229. The Kier molecular flexibility index (Phi) is 7.25. The molecule has 0 aliphatic rings. The van der Waals surface area contributed by atoms with Crippen LogP contribution in [0.1, 0.15) is 0 Å². The van der Waals surface area contributed by atoms with Crippen molar-refractivity contribution in [1.29, 1.82) is 0 Å². The Bertz CT molecular complexity index is 1060. The second-order valence-corrected chi connectivity index (χ2v) is 8.63. The van der Waals surface area contributed by atoms with Crippen molar-refractivity contribution in [1.82, 2.24) is 20.5 Å². The first-order chi connectivity index (χ1) is 14.4. The molecule has 0 unspecified atom stereocenters.